The van der Waals surface area contributed by atoms with Crippen LogP contribution in [0, 0.1) is 0 Å². The van der Waals surface area contributed by atoms with Gasteiger partial charge in [-0.25, -0.2) is 4.79 Å². The van der Waals surface area contributed by atoms with Crippen molar-refractivity contribution in [2.45, 2.75) is 0 Å². The zero-order valence-corrected chi connectivity index (χ0v) is 15.9. The molecule has 25 heavy (non-hydrogen) atoms. The first-order valence-corrected chi connectivity index (χ1v) is 8.83. The van der Waals surface area contributed by atoms with Crippen LogP contribution in [0.2, 0.25) is 0 Å². The summed E-state index contributed by atoms with van der Waals surface area (Å²) in [6.07, 6.45) is 0. The van der Waals surface area contributed by atoms with E-state index < -0.39 is 5.97 Å². The van der Waals surface area contributed by atoms with E-state index in [1.54, 1.807) is 18.2 Å². The maximum Gasteiger partial charge on any atom is 0.335 e. The van der Waals surface area contributed by atoms with Crippen LogP contribution in [0.4, 0.5) is 0 Å². The van der Waals surface area contributed by atoms with Crippen molar-refractivity contribution in [1.29, 1.82) is 0 Å². The fourth-order valence-electron chi connectivity index (χ4n) is 2.33. The molecule has 0 atom stereocenters. The highest BCUT2D eigenvalue weighted by Crippen LogP contribution is 2.40. The molecule has 3 aromatic rings. The molecule has 0 aliphatic heterocycles. The third-order valence-electron chi connectivity index (χ3n) is 3.52. The molecule has 0 radical (unpaired) electrons. The third-order valence-corrected chi connectivity index (χ3v) is 4.70. The number of phenols is 1. The van der Waals surface area contributed by atoms with Crippen LogP contribution in [0.5, 0.6) is 17.2 Å². The van der Waals surface area contributed by atoms with Crippen molar-refractivity contribution in [1.82, 2.24) is 0 Å². The second kappa shape index (κ2) is 7.29. The van der Waals surface area contributed by atoms with Crippen LogP contribution in [0.1, 0.15) is 10.4 Å². The van der Waals surface area contributed by atoms with E-state index in [1.807, 2.05) is 30.3 Å². The van der Waals surface area contributed by atoms with Gasteiger partial charge < -0.3 is 14.9 Å². The van der Waals surface area contributed by atoms with Crippen LogP contribution in [-0.4, -0.2) is 16.2 Å². The van der Waals surface area contributed by atoms with E-state index in [0.29, 0.717) is 26.0 Å². The summed E-state index contributed by atoms with van der Waals surface area (Å²) in [6, 6.07) is 17.4. The van der Waals surface area contributed by atoms with E-state index in [4.69, 9.17) is 9.84 Å². The smallest absolute Gasteiger partial charge is 0.335 e. The molecule has 3 aromatic carbocycles. The number of rotatable bonds is 4. The molecule has 0 spiro atoms. The maximum absolute atomic E-state index is 11.1. The summed E-state index contributed by atoms with van der Waals surface area (Å²) in [6.45, 7) is 0. The van der Waals surface area contributed by atoms with E-state index in [0.717, 1.165) is 5.56 Å². The molecule has 0 aliphatic carbocycles. The highest BCUT2D eigenvalue weighted by Gasteiger charge is 2.14. The molecule has 0 unspecified atom stereocenters. The molecular weight excluding hydrogens is 452 g/mol. The van der Waals surface area contributed by atoms with Crippen molar-refractivity contribution in [2.75, 3.05) is 0 Å². The highest BCUT2D eigenvalue weighted by atomic mass is 79.9. The van der Waals surface area contributed by atoms with Crippen molar-refractivity contribution in [2.24, 2.45) is 0 Å². The van der Waals surface area contributed by atoms with E-state index in [-0.39, 0.29) is 11.3 Å². The summed E-state index contributed by atoms with van der Waals surface area (Å²) in [5.41, 5.74) is 1.65. The Hall–Kier alpha value is -2.31. The van der Waals surface area contributed by atoms with E-state index in [1.165, 1.54) is 12.1 Å². The van der Waals surface area contributed by atoms with Gasteiger partial charge in [0.25, 0.3) is 0 Å². The zero-order chi connectivity index (χ0) is 18.0. The number of aromatic hydroxyl groups is 1. The summed E-state index contributed by atoms with van der Waals surface area (Å²) in [4.78, 5) is 11.1. The first kappa shape index (κ1) is 17.5. The first-order chi connectivity index (χ1) is 12.0. The molecule has 0 saturated carbocycles. The molecule has 0 fully saturated rings. The number of aromatic carboxylic acids is 1. The average molecular weight is 464 g/mol. The zero-order valence-electron chi connectivity index (χ0n) is 12.7. The molecule has 126 valence electrons. The Morgan fingerprint density at radius 1 is 0.920 bits per heavy atom. The quantitative estimate of drug-likeness (QED) is 0.492. The molecule has 0 amide bonds. The maximum atomic E-state index is 11.1. The van der Waals surface area contributed by atoms with Crippen LogP contribution in [0.15, 0.2) is 69.6 Å². The van der Waals surface area contributed by atoms with Crippen molar-refractivity contribution in [3.8, 4) is 28.4 Å². The van der Waals surface area contributed by atoms with Gasteiger partial charge in [0.15, 0.2) is 5.75 Å². The largest absolute Gasteiger partial charge is 0.507 e. The van der Waals surface area contributed by atoms with Gasteiger partial charge in [0.05, 0.1) is 14.5 Å². The van der Waals surface area contributed by atoms with E-state index >= 15 is 0 Å². The summed E-state index contributed by atoms with van der Waals surface area (Å²) in [5, 5.41) is 19.2. The van der Waals surface area contributed by atoms with Crippen LogP contribution in [0.25, 0.3) is 11.1 Å². The summed E-state index contributed by atoms with van der Waals surface area (Å²) < 4.78 is 6.91. The van der Waals surface area contributed by atoms with E-state index in [9.17, 15) is 9.90 Å². The van der Waals surface area contributed by atoms with Gasteiger partial charge in [-0.05, 0) is 67.8 Å². The minimum atomic E-state index is -1.02. The molecule has 2 N–H and O–H groups in total. The number of phenolic OH excluding ortho intramolecular Hbond substituents is 1. The molecule has 3 rings (SSSR count). The van der Waals surface area contributed by atoms with Crippen molar-refractivity contribution in [3.63, 3.8) is 0 Å². The van der Waals surface area contributed by atoms with Gasteiger partial charge in [-0.1, -0.05) is 30.3 Å². The Morgan fingerprint density at radius 2 is 1.56 bits per heavy atom. The van der Waals surface area contributed by atoms with Gasteiger partial charge in [-0.15, -0.1) is 0 Å². The molecule has 0 aliphatic rings. The molecule has 4 nitrogen and oxygen atoms in total. The second-order valence-corrected chi connectivity index (χ2v) is 6.93. The van der Waals surface area contributed by atoms with Gasteiger partial charge in [0.1, 0.15) is 11.5 Å². The Bertz CT molecular complexity index is 916. The number of carbonyl (C=O) groups is 1. The van der Waals surface area contributed by atoms with Crippen molar-refractivity contribution >= 4 is 37.8 Å². The van der Waals surface area contributed by atoms with Crippen molar-refractivity contribution in [3.05, 3.63) is 75.2 Å². The molecular formula is C19H12Br2O4. The predicted molar refractivity (Wildman–Crippen MR) is 102 cm³/mol. The minimum Gasteiger partial charge on any atom is -0.507 e. The topological polar surface area (TPSA) is 66.8 Å². The number of carboxylic acids is 1. The fraction of sp³-hybridized carbons (Fsp3) is 0. The number of hydrogen-bond acceptors (Lipinski definition) is 3. The number of benzene rings is 3. The van der Waals surface area contributed by atoms with Gasteiger partial charge in [-0.2, -0.15) is 0 Å². The minimum absolute atomic E-state index is 0.141. The lowest BCUT2D eigenvalue weighted by Gasteiger charge is -2.13. The van der Waals surface area contributed by atoms with Gasteiger partial charge in [-0.3, -0.25) is 0 Å². The Labute approximate surface area is 161 Å². The van der Waals surface area contributed by atoms with Gasteiger partial charge in [0, 0.05) is 5.56 Å². The third kappa shape index (κ3) is 3.86. The fourth-order valence-corrected chi connectivity index (χ4v) is 3.67. The van der Waals surface area contributed by atoms with Crippen LogP contribution in [0.3, 0.4) is 0 Å². The molecule has 0 bridgehead atoms. The number of halogens is 2. The van der Waals surface area contributed by atoms with Crippen LogP contribution >= 0.6 is 31.9 Å². The Balaban J connectivity index is 1.98. The SMILES string of the molecule is O=C(O)c1cc(Br)c(Oc2ccc(O)c(-c3ccccc3)c2)c(Br)c1. The first-order valence-electron chi connectivity index (χ1n) is 7.24. The number of hydrogen-bond donors (Lipinski definition) is 2. The Kier molecular flexibility index (Phi) is 5.11. The van der Waals surface area contributed by atoms with Gasteiger partial charge in [0.2, 0.25) is 0 Å². The Morgan fingerprint density at radius 3 is 2.16 bits per heavy atom. The van der Waals surface area contributed by atoms with Crippen molar-refractivity contribution < 1.29 is 19.7 Å². The standard InChI is InChI=1S/C19H12Br2O4/c20-15-8-12(19(23)24)9-16(21)18(15)25-13-6-7-17(22)14(10-13)11-4-2-1-3-5-11/h1-10,22H,(H,23,24). The second-order valence-electron chi connectivity index (χ2n) is 5.22. The van der Waals surface area contributed by atoms with Crippen LogP contribution in [-0.2, 0) is 0 Å². The molecule has 6 heteroatoms. The molecule has 0 saturated heterocycles. The predicted octanol–water partition coefficient (Wildman–Crippen LogP) is 6.07. The summed E-state index contributed by atoms with van der Waals surface area (Å²) >= 11 is 6.67. The lowest BCUT2D eigenvalue weighted by atomic mass is 10.0. The summed E-state index contributed by atoms with van der Waals surface area (Å²) in [5.74, 6) is 0.0951. The highest BCUT2D eigenvalue weighted by molar-refractivity contribution is 9.11. The number of carboxylic acid groups (broad SMARTS) is 1. The average Bonchev–Trinajstić information content (AvgIpc) is 2.60. The molecule has 0 aromatic heterocycles. The van der Waals surface area contributed by atoms with Gasteiger partial charge >= 0.3 is 5.97 Å². The molecule has 0 heterocycles. The van der Waals surface area contributed by atoms with E-state index in [2.05, 4.69) is 31.9 Å². The lowest BCUT2D eigenvalue weighted by Crippen LogP contribution is -1.97. The summed E-state index contributed by atoms with van der Waals surface area (Å²) in [7, 11) is 0. The lowest BCUT2D eigenvalue weighted by molar-refractivity contribution is 0.0696. The van der Waals surface area contributed by atoms with Crippen LogP contribution < -0.4 is 4.74 Å². The normalized spacial score (nSPS) is 10.5. The number of ether oxygens (including phenoxy) is 1. The monoisotopic (exact) mass is 462 g/mol.